The fourth-order valence-electron chi connectivity index (χ4n) is 2.28. The lowest BCUT2D eigenvalue weighted by atomic mass is 10.1. The van der Waals surface area contributed by atoms with E-state index in [1.165, 1.54) is 0 Å². The topological polar surface area (TPSA) is 18.5 Å². The van der Waals surface area contributed by atoms with Crippen molar-refractivity contribution in [2.24, 2.45) is 0 Å². The third kappa shape index (κ3) is 3.78. The minimum atomic E-state index is -0.128. The van der Waals surface area contributed by atoms with Gasteiger partial charge in [0.2, 0.25) is 0 Å². The molecule has 0 atom stereocenters. The molecule has 1 aliphatic heterocycles. The van der Waals surface area contributed by atoms with Gasteiger partial charge < -0.3 is 15.1 Å². The van der Waals surface area contributed by atoms with Crippen LogP contribution in [0, 0.1) is 5.82 Å². The molecule has 1 aliphatic rings. The van der Waals surface area contributed by atoms with Gasteiger partial charge in [-0.1, -0.05) is 12.1 Å². The first-order chi connectivity index (χ1) is 9.20. The molecule has 1 heterocycles. The first-order valence-electron chi connectivity index (χ1n) is 6.74. The Kier molecular flexibility index (Phi) is 4.93. The highest BCUT2D eigenvalue weighted by atomic mass is 19.1. The molecule has 1 aromatic carbocycles. The molecule has 104 valence electrons. The molecule has 0 aliphatic carbocycles. The molecule has 1 aromatic rings. The number of piperazine rings is 1. The number of nitrogens with one attached hydrogen (secondary N) is 1. The van der Waals surface area contributed by atoms with Crippen molar-refractivity contribution < 1.29 is 4.39 Å². The molecule has 1 N–H and O–H groups in total. The molecule has 1 fully saturated rings. The zero-order valence-electron chi connectivity index (χ0n) is 11.5. The Hall–Kier alpha value is -1.39. The summed E-state index contributed by atoms with van der Waals surface area (Å²) in [5.41, 5.74) is 1.84. The molecule has 1 saturated heterocycles. The summed E-state index contributed by atoms with van der Waals surface area (Å²) >= 11 is 0. The van der Waals surface area contributed by atoms with Gasteiger partial charge in [-0.15, -0.1) is 6.58 Å². The maximum atomic E-state index is 13.9. The molecular weight excluding hydrogens is 241 g/mol. The second-order valence-corrected chi connectivity index (χ2v) is 5.00. The SMILES string of the molecule is C=CCNCc1ccc(F)c(N2CCN(C)CC2)c1. The monoisotopic (exact) mass is 263 g/mol. The average molecular weight is 263 g/mol. The summed E-state index contributed by atoms with van der Waals surface area (Å²) in [6.45, 7) is 8.92. The van der Waals surface area contributed by atoms with Crippen molar-refractivity contribution in [2.45, 2.75) is 6.54 Å². The molecule has 0 spiro atoms. The Labute approximate surface area is 114 Å². The first-order valence-corrected chi connectivity index (χ1v) is 6.74. The molecule has 2 rings (SSSR count). The van der Waals surface area contributed by atoms with Crippen molar-refractivity contribution in [3.05, 3.63) is 42.2 Å². The van der Waals surface area contributed by atoms with Crippen LogP contribution in [0.25, 0.3) is 0 Å². The van der Waals surface area contributed by atoms with Crippen LogP contribution in [-0.4, -0.2) is 44.7 Å². The van der Waals surface area contributed by atoms with Crippen LogP contribution in [0.5, 0.6) is 0 Å². The number of hydrogen-bond donors (Lipinski definition) is 1. The number of rotatable bonds is 5. The largest absolute Gasteiger partial charge is 0.367 e. The van der Waals surface area contributed by atoms with Gasteiger partial charge in [0.15, 0.2) is 0 Å². The zero-order chi connectivity index (χ0) is 13.7. The van der Waals surface area contributed by atoms with Gasteiger partial charge in [-0.25, -0.2) is 4.39 Å². The van der Waals surface area contributed by atoms with Gasteiger partial charge in [0.05, 0.1) is 5.69 Å². The maximum absolute atomic E-state index is 13.9. The normalized spacial score (nSPS) is 16.6. The van der Waals surface area contributed by atoms with E-state index in [-0.39, 0.29) is 5.82 Å². The predicted molar refractivity (Wildman–Crippen MR) is 78.0 cm³/mol. The van der Waals surface area contributed by atoms with E-state index in [2.05, 4.69) is 28.7 Å². The zero-order valence-corrected chi connectivity index (χ0v) is 11.5. The number of hydrogen-bond acceptors (Lipinski definition) is 3. The van der Waals surface area contributed by atoms with Crippen LogP contribution in [0.3, 0.4) is 0 Å². The van der Waals surface area contributed by atoms with Crippen molar-refractivity contribution >= 4 is 5.69 Å². The van der Waals surface area contributed by atoms with E-state index >= 15 is 0 Å². The lowest BCUT2D eigenvalue weighted by molar-refractivity contribution is 0.311. The molecule has 0 amide bonds. The Morgan fingerprint density at radius 1 is 1.32 bits per heavy atom. The van der Waals surface area contributed by atoms with E-state index in [4.69, 9.17) is 0 Å². The molecule has 4 heteroatoms. The minimum Gasteiger partial charge on any atom is -0.367 e. The van der Waals surface area contributed by atoms with Gasteiger partial charge >= 0.3 is 0 Å². The Balaban J connectivity index is 2.06. The van der Waals surface area contributed by atoms with Crippen LogP contribution in [0.2, 0.25) is 0 Å². The molecule has 0 unspecified atom stereocenters. The number of likely N-dealkylation sites (N-methyl/N-ethyl adjacent to an activating group) is 1. The highest BCUT2D eigenvalue weighted by Gasteiger charge is 2.17. The molecule has 0 aromatic heterocycles. The lowest BCUT2D eigenvalue weighted by Crippen LogP contribution is -2.44. The standard InChI is InChI=1S/C15H22FN3/c1-3-6-17-12-13-4-5-14(16)15(11-13)19-9-7-18(2)8-10-19/h3-5,11,17H,1,6-10,12H2,2H3. The molecule has 0 saturated carbocycles. The minimum absolute atomic E-state index is 0.128. The quantitative estimate of drug-likeness (QED) is 0.646. The van der Waals surface area contributed by atoms with Crippen LogP contribution < -0.4 is 10.2 Å². The third-order valence-corrected chi connectivity index (χ3v) is 3.47. The summed E-state index contributed by atoms with van der Waals surface area (Å²) < 4.78 is 13.9. The van der Waals surface area contributed by atoms with Crippen LogP contribution in [0.1, 0.15) is 5.56 Å². The van der Waals surface area contributed by atoms with Crippen LogP contribution in [0.15, 0.2) is 30.9 Å². The van der Waals surface area contributed by atoms with Crippen LogP contribution in [0.4, 0.5) is 10.1 Å². The van der Waals surface area contributed by atoms with Crippen molar-refractivity contribution in [3.8, 4) is 0 Å². The van der Waals surface area contributed by atoms with Crippen molar-refractivity contribution in [2.75, 3.05) is 44.7 Å². The Morgan fingerprint density at radius 3 is 2.74 bits per heavy atom. The summed E-state index contributed by atoms with van der Waals surface area (Å²) in [6.07, 6.45) is 1.82. The first kappa shape index (κ1) is 14.0. The summed E-state index contributed by atoms with van der Waals surface area (Å²) in [5, 5.41) is 3.24. The molecule has 0 bridgehead atoms. The smallest absolute Gasteiger partial charge is 0.146 e. The van der Waals surface area contributed by atoms with Gasteiger partial charge in [0.25, 0.3) is 0 Å². The van der Waals surface area contributed by atoms with Gasteiger partial charge in [-0.3, -0.25) is 0 Å². The molecule has 0 radical (unpaired) electrons. The number of benzene rings is 1. The summed E-state index contributed by atoms with van der Waals surface area (Å²) in [5.74, 6) is -0.128. The average Bonchev–Trinajstić information content (AvgIpc) is 2.42. The third-order valence-electron chi connectivity index (χ3n) is 3.47. The fourth-order valence-corrected chi connectivity index (χ4v) is 2.28. The lowest BCUT2D eigenvalue weighted by Gasteiger charge is -2.34. The van der Waals surface area contributed by atoms with E-state index in [1.807, 2.05) is 18.2 Å². The second-order valence-electron chi connectivity index (χ2n) is 5.00. The van der Waals surface area contributed by atoms with Crippen molar-refractivity contribution in [3.63, 3.8) is 0 Å². The van der Waals surface area contributed by atoms with Gasteiger partial charge in [0, 0.05) is 39.3 Å². The van der Waals surface area contributed by atoms with Crippen molar-refractivity contribution in [1.29, 1.82) is 0 Å². The summed E-state index contributed by atoms with van der Waals surface area (Å²) in [7, 11) is 2.10. The van der Waals surface area contributed by atoms with E-state index in [1.54, 1.807) is 6.07 Å². The maximum Gasteiger partial charge on any atom is 0.146 e. The van der Waals surface area contributed by atoms with Crippen LogP contribution in [-0.2, 0) is 6.54 Å². The Morgan fingerprint density at radius 2 is 2.05 bits per heavy atom. The molecular formula is C15H22FN3. The van der Waals surface area contributed by atoms with Gasteiger partial charge in [0.1, 0.15) is 5.82 Å². The van der Waals surface area contributed by atoms with Gasteiger partial charge in [-0.05, 0) is 24.7 Å². The highest BCUT2D eigenvalue weighted by Crippen LogP contribution is 2.22. The number of nitrogens with zero attached hydrogens (tertiary/aromatic N) is 2. The van der Waals surface area contributed by atoms with Crippen LogP contribution >= 0.6 is 0 Å². The summed E-state index contributed by atoms with van der Waals surface area (Å²) in [4.78, 5) is 4.40. The summed E-state index contributed by atoms with van der Waals surface area (Å²) in [6, 6.07) is 5.36. The van der Waals surface area contributed by atoms with E-state index in [0.29, 0.717) is 0 Å². The van der Waals surface area contributed by atoms with E-state index in [0.717, 1.165) is 50.5 Å². The predicted octanol–water partition coefficient (Wildman–Crippen LogP) is 1.85. The Bertz CT molecular complexity index is 425. The van der Waals surface area contributed by atoms with Gasteiger partial charge in [-0.2, -0.15) is 0 Å². The fraction of sp³-hybridized carbons (Fsp3) is 0.467. The molecule has 19 heavy (non-hydrogen) atoms. The second kappa shape index (κ2) is 6.68. The molecule has 3 nitrogen and oxygen atoms in total. The van der Waals surface area contributed by atoms with E-state index in [9.17, 15) is 4.39 Å². The number of halogens is 1. The van der Waals surface area contributed by atoms with Crippen molar-refractivity contribution in [1.82, 2.24) is 10.2 Å². The number of anilines is 1. The highest BCUT2D eigenvalue weighted by molar-refractivity contribution is 5.50. The van der Waals surface area contributed by atoms with E-state index < -0.39 is 0 Å².